The minimum Gasteiger partial charge on any atom is -0.504 e. The molecular weight excluding hydrogens is 745 g/mol. The second-order valence-electron chi connectivity index (χ2n) is 14.8. The fourth-order valence-electron chi connectivity index (χ4n) is 9.01. The molecule has 8 N–H and O–H groups in total. The van der Waals surface area contributed by atoms with Gasteiger partial charge in [0.15, 0.2) is 23.0 Å². The Bertz CT molecular complexity index is 3570. The highest BCUT2D eigenvalue weighted by Crippen LogP contribution is 2.62. The molecule has 0 aliphatic carbocycles. The van der Waals surface area contributed by atoms with Gasteiger partial charge in [0, 0.05) is 43.4 Å². The summed E-state index contributed by atoms with van der Waals surface area (Å²) in [6, 6.07) is 41.8. The number of phenols is 8. The Morgan fingerprint density at radius 3 is 1.32 bits per heavy atom. The number of hydrogen-bond donors (Lipinski definition) is 8. The second-order valence-corrected chi connectivity index (χ2v) is 14.8. The molecule has 0 saturated carbocycles. The number of benzene rings is 10. The van der Waals surface area contributed by atoms with Crippen LogP contribution in [0.25, 0.3) is 109 Å². The zero-order valence-electron chi connectivity index (χ0n) is 30.7. The molecule has 0 bridgehead atoms. The smallest absolute Gasteiger partial charge is 0.204 e. The second kappa shape index (κ2) is 12.1. The van der Waals surface area contributed by atoms with Gasteiger partial charge in [-0.25, -0.2) is 0 Å². The maximum absolute atomic E-state index is 11.8. The summed E-state index contributed by atoms with van der Waals surface area (Å²) in [6.45, 7) is 0. The van der Waals surface area contributed by atoms with E-state index in [0.717, 1.165) is 54.6 Å². The SMILES string of the molecule is Oc1c(O)c(O)c2c(-c3cccc4cc(-c5ccc6oc7ccc8ccccc8c7c6c5)ccc34)c3c(O)c(O)c(O)c(O)c3c(-c3cccc4ccccc34)c2c1O. The number of furan rings is 1. The highest BCUT2D eigenvalue weighted by molar-refractivity contribution is 6.31. The van der Waals surface area contributed by atoms with Gasteiger partial charge in [0.2, 0.25) is 23.0 Å². The molecule has 11 rings (SSSR count). The van der Waals surface area contributed by atoms with Crippen LogP contribution in [0, 0.1) is 0 Å². The summed E-state index contributed by atoms with van der Waals surface area (Å²) in [7, 11) is 0. The van der Waals surface area contributed by atoms with E-state index in [2.05, 4.69) is 18.2 Å². The van der Waals surface area contributed by atoms with Crippen molar-refractivity contribution in [2.45, 2.75) is 0 Å². The largest absolute Gasteiger partial charge is 0.504 e. The van der Waals surface area contributed by atoms with E-state index in [1.165, 1.54) is 0 Å². The van der Waals surface area contributed by atoms with E-state index in [-0.39, 0.29) is 32.7 Å². The molecule has 284 valence electrons. The number of aromatic hydroxyl groups is 8. The van der Waals surface area contributed by atoms with Crippen LogP contribution in [0.5, 0.6) is 46.0 Å². The lowest BCUT2D eigenvalue weighted by atomic mass is 9.81. The molecule has 59 heavy (non-hydrogen) atoms. The number of rotatable bonds is 3. The lowest BCUT2D eigenvalue weighted by molar-refractivity contribution is 0.350. The predicted molar refractivity (Wildman–Crippen MR) is 231 cm³/mol. The Morgan fingerprint density at radius 2 is 0.729 bits per heavy atom. The van der Waals surface area contributed by atoms with Gasteiger partial charge < -0.3 is 45.3 Å². The molecule has 1 heterocycles. The first-order valence-corrected chi connectivity index (χ1v) is 18.7. The lowest BCUT2D eigenvalue weighted by Gasteiger charge is -2.23. The Labute approximate surface area is 333 Å². The highest BCUT2D eigenvalue weighted by Gasteiger charge is 2.33. The quantitative estimate of drug-likeness (QED) is 0.0493. The maximum Gasteiger partial charge on any atom is 0.204 e. The number of phenolic OH excluding ortho intramolecular Hbond substituents is 8. The summed E-state index contributed by atoms with van der Waals surface area (Å²) in [5, 5.41) is 97.5. The van der Waals surface area contributed by atoms with Crippen molar-refractivity contribution in [3.05, 3.63) is 133 Å². The molecule has 0 saturated heterocycles. The van der Waals surface area contributed by atoms with Crippen LogP contribution in [0.4, 0.5) is 0 Å². The minimum atomic E-state index is -1.02. The number of hydrogen-bond acceptors (Lipinski definition) is 9. The Balaban J connectivity index is 1.24. The van der Waals surface area contributed by atoms with Crippen LogP contribution in [-0.2, 0) is 0 Å². The molecule has 0 atom stereocenters. The number of fused-ring (bicyclic) bond motifs is 9. The van der Waals surface area contributed by atoms with Crippen molar-refractivity contribution in [1.29, 1.82) is 0 Å². The first-order valence-electron chi connectivity index (χ1n) is 18.7. The van der Waals surface area contributed by atoms with Gasteiger partial charge in [-0.2, -0.15) is 0 Å². The molecule has 11 aromatic rings. The average Bonchev–Trinajstić information content (AvgIpc) is 3.66. The standard InChI is InChI=1S/C50H30O9/c51-43-39-37(31-13-5-9-23-7-1-3-11-28(23)31)40-42(46(54)50(58)48(56)44(40)52)38(41(39)45(53)49(57)47(43)55)32-14-6-10-27-21-25(15-18-29(27)32)26-17-19-34-33(22-26)36-30-12-4-2-8-24(30)16-20-35(36)59-34/h1-22,51-58H. The van der Waals surface area contributed by atoms with Gasteiger partial charge >= 0.3 is 0 Å². The van der Waals surface area contributed by atoms with Crippen molar-refractivity contribution in [3.8, 4) is 79.4 Å². The molecule has 0 amide bonds. The van der Waals surface area contributed by atoms with E-state index in [1.807, 2.05) is 78.9 Å². The molecule has 0 radical (unpaired) electrons. The van der Waals surface area contributed by atoms with Gasteiger partial charge in [-0.05, 0) is 78.8 Å². The molecule has 0 aliphatic rings. The van der Waals surface area contributed by atoms with E-state index < -0.39 is 46.0 Å². The Kier molecular flexibility index (Phi) is 6.97. The molecule has 0 unspecified atom stereocenters. The van der Waals surface area contributed by atoms with Crippen molar-refractivity contribution in [2.24, 2.45) is 0 Å². The first kappa shape index (κ1) is 34.0. The summed E-state index contributed by atoms with van der Waals surface area (Å²) in [5.74, 6) is -7.41. The third-order valence-electron chi connectivity index (χ3n) is 11.7. The molecule has 0 spiro atoms. The fraction of sp³-hybridized carbons (Fsp3) is 0. The van der Waals surface area contributed by atoms with Crippen LogP contribution in [0.15, 0.2) is 138 Å². The monoisotopic (exact) mass is 774 g/mol. The van der Waals surface area contributed by atoms with Crippen LogP contribution in [0.2, 0.25) is 0 Å². The predicted octanol–water partition coefficient (Wildman–Crippen LogP) is 12.0. The van der Waals surface area contributed by atoms with E-state index in [1.54, 1.807) is 36.4 Å². The van der Waals surface area contributed by atoms with E-state index in [0.29, 0.717) is 21.9 Å². The van der Waals surface area contributed by atoms with Crippen LogP contribution < -0.4 is 0 Å². The molecule has 0 aliphatic heterocycles. The topological polar surface area (TPSA) is 175 Å². The van der Waals surface area contributed by atoms with Crippen LogP contribution in [-0.4, -0.2) is 40.9 Å². The van der Waals surface area contributed by atoms with Gasteiger partial charge in [-0.3, -0.25) is 0 Å². The van der Waals surface area contributed by atoms with Gasteiger partial charge in [0.1, 0.15) is 11.2 Å². The van der Waals surface area contributed by atoms with Crippen molar-refractivity contribution >= 4 is 75.8 Å². The molecular formula is C50H30O9. The molecule has 0 fully saturated rings. The third-order valence-corrected chi connectivity index (χ3v) is 11.7. The van der Waals surface area contributed by atoms with Gasteiger partial charge in [0.25, 0.3) is 0 Å². The van der Waals surface area contributed by atoms with Crippen molar-refractivity contribution in [3.63, 3.8) is 0 Å². The van der Waals surface area contributed by atoms with Gasteiger partial charge in [-0.15, -0.1) is 0 Å². The van der Waals surface area contributed by atoms with Crippen LogP contribution in [0.1, 0.15) is 0 Å². The normalized spacial score (nSPS) is 11.9. The maximum atomic E-state index is 11.8. The summed E-state index contributed by atoms with van der Waals surface area (Å²) in [4.78, 5) is 0. The van der Waals surface area contributed by atoms with Crippen LogP contribution in [0.3, 0.4) is 0 Å². The summed E-state index contributed by atoms with van der Waals surface area (Å²) in [6.07, 6.45) is 0. The summed E-state index contributed by atoms with van der Waals surface area (Å²) in [5.41, 5.74) is 4.05. The van der Waals surface area contributed by atoms with E-state index in [9.17, 15) is 40.9 Å². The minimum absolute atomic E-state index is 0.000728. The van der Waals surface area contributed by atoms with Crippen molar-refractivity contribution in [1.82, 2.24) is 0 Å². The third kappa shape index (κ3) is 4.61. The molecule has 9 nitrogen and oxygen atoms in total. The molecule has 9 heteroatoms. The Morgan fingerprint density at radius 1 is 0.288 bits per heavy atom. The zero-order chi connectivity index (χ0) is 40.4. The van der Waals surface area contributed by atoms with E-state index in [4.69, 9.17) is 4.42 Å². The lowest BCUT2D eigenvalue weighted by Crippen LogP contribution is -1.95. The van der Waals surface area contributed by atoms with Gasteiger partial charge in [0.05, 0.1) is 0 Å². The van der Waals surface area contributed by atoms with Gasteiger partial charge in [-0.1, -0.05) is 109 Å². The van der Waals surface area contributed by atoms with Crippen LogP contribution >= 0.6 is 0 Å². The summed E-state index contributed by atoms with van der Waals surface area (Å²) < 4.78 is 6.24. The summed E-state index contributed by atoms with van der Waals surface area (Å²) >= 11 is 0. The first-order chi connectivity index (χ1) is 28.6. The average molecular weight is 775 g/mol. The Hall–Kier alpha value is -8.30. The van der Waals surface area contributed by atoms with Crippen molar-refractivity contribution < 1.29 is 45.3 Å². The fourth-order valence-corrected chi connectivity index (χ4v) is 9.01. The molecule has 10 aromatic carbocycles. The highest BCUT2D eigenvalue weighted by atomic mass is 16.4. The van der Waals surface area contributed by atoms with Crippen molar-refractivity contribution in [2.75, 3.05) is 0 Å². The zero-order valence-corrected chi connectivity index (χ0v) is 30.7. The molecule has 1 aromatic heterocycles. The van der Waals surface area contributed by atoms with E-state index >= 15 is 0 Å².